The highest BCUT2D eigenvalue weighted by molar-refractivity contribution is 7.12. The van der Waals surface area contributed by atoms with Gasteiger partial charge in [0.05, 0.1) is 17.3 Å². The smallest absolute Gasteiger partial charge is 0.147 e. The Balaban J connectivity index is 2.76. The second-order valence-corrected chi connectivity index (χ2v) is 7.22. The first-order valence-corrected chi connectivity index (χ1v) is 6.60. The molecule has 0 radical (unpaired) electrons. The Bertz CT molecular complexity index is 544. The molecule has 2 aromatic heterocycles. The summed E-state index contributed by atoms with van der Waals surface area (Å²) >= 11 is 1.45. The van der Waals surface area contributed by atoms with Gasteiger partial charge >= 0.3 is 0 Å². The summed E-state index contributed by atoms with van der Waals surface area (Å²) in [5.41, 5.74) is 1.09. The van der Waals surface area contributed by atoms with E-state index in [0.717, 1.165) is 21.7 Å². The van der Waals surface area contributed by atoms with Crippen LogP contribution in [-0.4, -0.2) is 14.3 Å². The van der Waals surface area contributed by atoms with Crippen LogP contribution < -0.4 is 0 Å². The third-order valence-corrected chi connectivity index (χ3v) is 3.31. The molecule has 2 rings (SSSR count). The lowest BCUT2D eigenvalue weighted by molar-refractivity contribution is 0.520. The lowest BCUT2D eigenvalue weighted by Gasteiger charge is -2.23. The van der Waals surface area contributed by atoms with E-state index in [1.165, 1.54) is 11.5 Å². The predicted molar refractivity (Wildman–Crippen MR) is 72.6 cm³/mol. The average molecular weight is 249 g/mol. The summed E-state index contributed by atoms with van der Waals surface area (Å²) in [5.74, 6) is 0.902. The van der Waals surface area contributed by atoms with Crippen molar-refractivity contribution in [2.75, 3.05) is 0 Å². The van der Waals surface area contributed by atoms with Crippen LogP contribution in [0.15, 0.2) is 6.20 Å². The van der Waals surface area contributed by atoms with Gasteiger partial charge in [0, 0.05) is 10.8 Å². The van der Waals surface area contributed by atoms with Crippen molar-refractivity contribution < 1.29 is 0 Å². The zero-order valence-electron chi connectivity index (χ0n) is 11.3. The van der Waals surface area contributed by atoms with Crippen LogP contribution in [0.25, 0.3) is 10.2 Å². The Morgan fingerprint density at radius 3 is 2.12 bits per heavy atom. The van der Waals surface area contributed by atoms with Crippen molar-refractivity contribution >= 4 is 21.7 Å². The molecular formula is C13H19N3S. The zero-order valence-corrected chi connectivity index (χ0v) is 12.1. The minimum atomic E-state index is -0.0296. The van der Waals surface area contributed by atoms with Gasteiger partial charge in [-0.2, -0.15) is 4.37 Å². The van der Waals surface area contributed by atoms with Crippen molar-refractivity contribution in [2.45, 2.75) is 52.4 Å². The SMILES string of the molecule is CC(C)(C)c1nc(C(C)(C)C)c2cnsc2n1. The van der Waals surface area contributed by atoms with E-state index in [-0.39, 0.29) is 10.8 Å². The molecule has 0 amide bonds. The number of rotatable bonds is 0. The van der Waals surface area contributed by atoms with Crippen molar-refractivity contribution in [3.05, 3.63) is 17.7 Å². The molecule has 0 atom stereocenters. The molecule has 0 unspecified atom stereocenters. The van der Waals surface area contributed by atoms with Gasteiger partial charge in [0.1, 0.15) is 10.7 Å². The Morgan fingerprint density at radius 2 is 1.59 bits per heavy atom. The quantitative estimate of drug-likeness (QED) is 0.715. The van der Waals surface area contributed by atoms with E-state index in [0.29, 0.717) is 0 Å². The fourth-order valence-corrected chi connectivity index (χ4v) is 2.30. The maximum absolute atomic E-state index is 4.77. The summed E-state index contributed by atoms with van der Waals surface area (Å²) in [7, 11) is 0. The fourth-order valence-electron chi connectivity index (χ4n) is 1.67. The van der Waals surface area contributed by atoms with Crippen molar-refractivity contribution in [3.8, 4) is 0 Å². The number of fused-ring (bicyclic) bond motifs is 1. The van der Waals surface area contributed by atoms with Crippen LogP contribution in [-0.2, 0) is 10.8 Å². The van der Waals surface area contributed by atoms with Gasteiger partial charge in [-0.3, -0.25) is 0 Å². The van der Waals surface area contributed by atoms with Crippen LogP contribution in [0.4, 0.5) is 0 Å². The summed E-state index contributed by atoms with van der Waals surface area (Å²) in [4.78, 5) is 10.4. The van der Waals surface area contributed by atoms with E-state index in [2.05, 4.69) is 50.9 Å². The maximum Gasteiger partial charge on any atom is 0.147 e. The van der Waals surface area contributed by atoms with E-state index in [9.17, 15) is 0 Å². The second kappa shape index (κ2) is 3.73. The van der Waals surface area contributed by atoms with Crippen LogP contribution in [0.1, 0.15) is 53.1 Å². The standard InChI is InChI=1S/C13H19N3S/c1-12(2,3)9-8-7-14-17-10(8)16-11(15-9)13(4,5)6/h7H,1-6H3. The molecule has 0 saturated heterocycles. The van der Waals surface area contributed by atoms with Crippen LogP contribution in [0, 0.1) is 0 Å². The maximum atomic E-state index is 4.77. The molecule has 0 aliphatic carbocycles. The molecule has 0 aromatic carbocycles. The third-order valence-electron chi connectivity index (χ3n) is 2.61. The van der Waals surface area contributed by atoms with Gasteiger partial charge in [-0.1, -0.05) is 41.5 Å². The Labute approximate surface area is 106 Å². The first-order valence-electron chi connectivity index (χ1n) is 5.83. The average Bonchev–Trinajstić information content (AvgIpc) is 2.59. The van der Waals surface area contributed by atoms with Crippen molar-refractivity contribution in [2.24, 2.45) is 0 Å². The van der Waals surface area contributed by atoms with Gasteiger partial charge in [0.2, 0.25) is 0 Å². The first-order chi connectivity index (χ1) is 7.69. The molecule has 0 aliphatic rings. The highest BCUT2D eigenvalue weighted by Crippen LogP contribution is 2.31. The van der Waals surface area contributed by atoms with Crippen LogP contribution >= 0.6 is 11.5 Å². The van der Waals surface area contributed by atoms with E-state index in [1.807, 2.05) is 6.20 Å². The number of nitrogens with zero attached hydrogens (tertiary/aromatic N) is 3. The summed E-state index contributed by atoms with van der Waals surface area (Å²) in [6, 6.07) is 0. The van der Waals surface area contributed by atoms with E-state index >= 15 is 0 Å². The van der Waals surface area contributed by atoms with Crippen molar-refractivity contribution in [1.29, 1.82) is 0 Å². The highest BCUT2D eigenvalue weighted by atomic mass is 32.1. The van der Waals surface area contributed by atoms with E-state index < -0.39 is 0 Å². The minimum absolute atomic E-state index is 0.0178. The summed E-state index contributed by atoms with van der Waals surface area (Å²) in [6.45, 7) is 13.0. The van der Waals surface area contributed by atoms with Crippen LogP contribution in [0.5, 0.6) is 0 Å². The van der Waals surface area contributed by atoms with Gasteiger partial charge < -0.3 is 0 Å². The lowest BCUT2D eigenvalue weighted by atomic mass is 9.89. The van der Waals surface area contributed by atoms with Crippen molar-refractivity contribution in [1.82, 2.24) is 14.3 Å². The van der Waals surface area contributed by atoms with Gasteiger partial charge in [-0.05, 0) is 11.5 Å². The minimum Gasteiger partial charge on any atom is -0.236 e. The Hall–Kier alpha value is -1.03. The molecule has 92 valence electrons. The molecule has 0 aliphatic heterocycles. The van der Waals surface area contributed by atoms with Crippen molar-refractivity contribution in [3.63, 3.8) is 0 Å². The van der Waals surface area contributed by atoms with E-state index in [4.69, 9.17) is 4.98 Å². The molecule has 4 heteroatoms. The number of hydrogen-bond donors (Lipinski definition) is 0. The van der Waals surface area contributed by atoms with Crippen LogP contribution in [0.2, 0.25) is 0 Å². The first kappa shape index (κ1) is 12.4. The highest BCUT2D eigenvalue weighted by Gasteiger charge is 2.25. The molecule has 17 heavy (non-hydrogen) atoms. The monoisotopic (exact) mass is 249 g/mol. The normalized spacial score (nSPS) is 13.3. The lowest BCUT2D eigenvalue weighted by Crippen LogP contribution is -2.21. The van der Waals surface area contributed by atoms with Gasteiger partial charge in [0.15, 0.2) is 0 Å². The van der Waals surface area contributed by atoms with Gasteiger partial charge in [0.25, 0.3) is 0 Å². The topological polar surface area (TPSA) is 38.7 Å². The Morgan fingerprint density at radius 1 is 0.941 bits per heavy atom. The predicted octanol–water partition coefficient (Wildman–Crippen LogP) is 3.68. The third kappa shape index (κ3) is 2.32. The largest absolute Gasteiger partial charge is 0.236 e. The molecular weight excluding hydrogens is 230 g/mol. The van der Waals surface area contributed by atoms with Crippen LogP contribution in [0.3, 0.4) is 0 Å². The Kier molecular flexibility index (Phi) is 2.73. The molecule has 0 N–H and O–H groups in total. The zero-order chi connectivity index (χ0) is 12.8. The molecule has 0 saturated carbocycles. The van der Waals surface area contributed by atoms with Gasteiger partial charge in [-0.25, -0.2) is 9.97 Å². The number of aromatic nitrogens is 3. The molecule has 0 bridgehead atoms. The fraction of sp³-hybridized carbons (Fsp3) is 0.615. The molecule has 2 heterocycles. The molecule has 2 aromatic rings. The summed E-state index contributed by atoms with van der Waals surface area (Å²) in [6.07, 6.45) is 1.88. The second-order valence-electron chi connectivity index (χ2n) is 6.44. The van der Waals surface area contributed by atoms with Gasteiger partial charge in [-0.15, -0.1) is 0 Å². The molecule has 0 fully saturated rings. The number of hydrogen-bond acceptors (Lipinski definition) is 4. The van der Waals surface area contributed by atoms with E-state index in [1.54, 1.807) is 0 Å². The molecule has 3 nitrogen and oxygen atoms in total. The summed E-state index contributed by atoms with van der Waals surface area (Å²) < 4.78 is 4.24. The molecule has 0 spiro atoms. The summed E-state index contributed by atoms with van der Waals surface area (Å²) in [5, 5.41) is 1.09.